The molecule has 0 saturated heterocycles. The Hall–Kier alpha value is -1.72. The summed E-state index contributed by atoms with van der Waals surface area (Å²) in [5.41, 5.74) is 4.22. The maximum absolute atomic E-state index is 13.1. The minimum Gasteiger partial charge on any atom is -0.378 e. The number of hydrogen-bond acceptors (Lipinski definition) is 3. The zero-order chi connectivity index (χ0) is 16.4. The second-order valence-corrected chi connectivity index (χ2v) is 6.16. The molecule has 5 heteroatoms. The standard InChI is InChI=1S/C18H24FN3O/c1-4-23-17-9-15(10-17)20-11-18-12(2)21-22(13(18)3)16-7-5-14(19)6-8-16/h5-8,15,17,20H,4,9-11H2,1-3H3. The molecule has 0 radical (unpaired) electrons. The summed E-state index contributed by atoms with van der Waals surface area (Å²) in [4.78, 5) is 0. The van der Waals surface area contributed by atoms with Gasteiger partial charge in [0.2, 0.25) is 0 Å². The van der Waals surface area contributed by atoms with Crippen LogP contribution in [0.4, 0.5) is 4.39 Å². The Bertz CT molecular complexity index is 660. The molecule has 1 aliphatic rings. The number of halogens is 1. The van der Waals surface area contributed by atoms with Gasteiger partial charge in [-0.3, -0.25) is 0 Å². The molecule has 0 atom stereocenters. The van der Waals surface area contributed by atoms with Crippen LogP contribution in [-0.2, 0) is 11.3 Å². The quantitative estimate of drug-likeness (QED) is 0.888. The summed E-state index contributed by atoms with van der Waals surface area (Å²) in [7, 11) is 0. The van der Waals surface area contributed by atoms with Gasteiger partial charge < -0.3 is 10.1 Å². The van der Waals surface area contributed by atoms with Crippen molar-refractivity contribution >= 4 is 0 Å². The van der Waals surface area contributed by atoms with Gasteiger partial charge in [0.1, 0.15) is 5.82 Å². The third-order valence-corrected chi connectivity index (χ3v) is 4.58. The fourth-order valence-electron chi connectivity index (χ4n) is 3.11. The Morgan fingerprint density at radius 2 is 1.96 bits per heavy atom. The monoisotopic (exact) mass is 317 g/mol. The van der Waals surface area contributed by atoms with Crippen LogP contribution < -0.4 is 5.32 Å². The van der Waals surface area contributed by atoms with Crippen LogP contribution in [0.5, 0.6) is 0 Å². The second kappa shape index (κ2) is 6.81. The van der Waals surface area contributed by atoms with Crippen LogP contribution in [0.2, 0.25) is 0 Å². The summed E-state index contributed by atoms with van der Waals surface area (Å²) in [6, 6.07) is 6.96. The second-order valence-electron chi connectivity index (χ2n) is 6.16. The van der Waals surface area contributed by atoms with Gasteiger partial charge in [0.15, 0.2) is 0 Å². The predicted molar refractivity (Wildman–Crippen MR) is 88.3 cm³/mol. The highest BCUT2D eigenvalue weighted by Gasteiger charge is 2.29. The lowest BCUT2D eigenvalue weighted by molar-refractivity contribution is -0.0102. The molecule has 1 heterocycles. The Kier molecular flexibility index (Phi) is 4.78. The van der Waals surface area contributed by atoms with E-state index in [1.165, 1.54) is 17.7 Å². The molecule has 1 fully saturated rings. The molecule has 1 aromatic carbocycles. The summed E-state index contributed by atoms with van der Waals surface area (Å²) in [6.45, 7) is 7.72. The molecule has 0 bridgehead atoms. The Balaban J connectivity index is 1.66. The smallest absolute Gasteiger partial charge is 0.123 e. The first-order chi connectivity index (χ1) is 11.1. The lowest BCUT2D eigenvalue weighted by atomic mass is 9.89. The van der Waals surface area contributed by atoms with Crippen LogP contribution in [-0.4, -0.2) is 28.5 Å². The van der Waals surface area contributed by atoms with Crippen molar-refractivity contribution in [2.24, 2.45) is 0 Å². The SMILES string of the molecule is CCOC1CC(NCc2c(C)nn(-c3ccc(F)cc3)c2C)C1. The predicted octanol–water partition coefficient (Wildman–Crippen LogP) is 3.29. The molecule has 0 unspecified atom stereocenters. The maximum atomic E-state index is 13.1. The molecular weight excluding hydrogens is 293 g/mol. The first-order valence-electron chi connectivity index (χ1n) is 8.24. The highest BCUT2D eigenvalue weighted by Crippen LogP contribution is 2.24. The van der Waals surface area contributed by atoms with Crippen molar-refractivity contribution in [3.8, 4) is 5.69 Å². The molecule has 0 spiro atoms. The maximum Gasteiger partial charge on any atom is 0.123 e. The largest absolute Gasteiger partial charge is 0.378 e. The zero-order valence-electron chi connectivity index (χ0n) is 14.0. The molecular formula is C18H24FN3O. The number of ether oxygens (including phenoxy) is 1. The Morgan fingerprint density at radius 3 is 2.61 bits per heavy atom. The number of aromatic nitrogens is 2. The molecule has 3 rings (SSSR count). The minimum atomic E-state index is -0.231. The van der Waals surface area contributed by atoms with Gasteiger partial charge in [0.25, 0.3) is 0 Å². The zero-order valence-corrected chi connectivity index (χ0v) is 14.0. The van der Waals surface area contributed by atoms with Gasteiger partial charge in [-0.1, -0.05) is 0 Å². The third-order valence-electron chi connectivity index (χ3n) is 4.58. The van der Waals surface area contributed by atoms with E-state index in [4.69, 9.17) is 4.74 Å². The van der Waals surface area contributed by atoms with Crippen LogP contribution >= 0.6 is 0 Å². The van der Waals surface area contributed by atoms with Crippen LogP contribution in [0.1, 0.15) is 36.7 Å². The number of benzene rings is 1. The fourth-order valence-corrected chi connectivity index (χ4v) is 3.11. The third kappa shape index (κ3) is 3.46. The molecule has 1 aromatic heterocycles. The summed E-state index contributed by atoms with van der Waals surface area (Å²) < 4.78 is 20.6. The summed E-state index contributed by atoms with van der Waals surface area (Å²) in [5.74, 6) is -0.231. The lowest BCUT2D eigenvalue weighted by Gasteiger charge is -2.35. The van der Waals surface area contributed by atoms with E-state index >= 15 is 0 Å². The highest BCUT2D eigenvalue weighted by molar-refractivity contribution is 5.37. The molecule has 0 amide bonds. The molecule has 0 aliphatic heterocycles. The van der Waals surface area contributed by atoms with Crippen molar-refractivity contribution in [1.29, 1.82) is 0 Å². The van der Waals surface area contributed by atoms with Gasteiger partial charge in [-0.15, -0.1) is 0 Å². The van der Waals surface area contributed by atoms with E-state index in [1.807, 2.05) is 18.5 Å². The Labute approximate surface area is 136 Å². The molecule has 1 aliphatic carbocycles. The molecule has 2 aromatic rings. The first kappa shape index (κ1) is 16.1. The fraction of sp³-hybridized carbons (Fsp3) is 0.500. The number of nitrogens with zero attached hydrogens (tertiary/aromatic N) is 2. The topological polar surface area (TPSA) is 39.1 Å². The van der Waals surface area contributed by atoms with E-state index in [0.717, 1.165) is 43.1 Å². The number of hydrogen-bond donors (Lipinski definition) is 1. The van der Waals surface area contributed by atoms with E-state index in [-0.39, 0.29) is 5.82 Å². The molecule has 23 heavy (non-hydrogen) atoms. The molecule has 1 N–H and O–H groups in total. The van der Waals surface area contributed by atoms with Crippen LogP contribution in [0.3, 0.4) is 0 Å². The van der Waals surface area contributed by atoms with Gasteiger partial charge in [0.05, 0.1) is 17.5 Å². The first-order valence-corrected chi connectivity index (χ1v) is 8.24. The van der Waals surface area contributed by atoms with Crippen molar-refractivity contribution in [3.63, 3.8) is 0 Å². The van der Waals surface area contributed by atoms with Crippen molar-refractivity contribution in [2.75, 3.05) is 6.61 Å². The van der Waals surface area contributed by atoms with Crippen molar-refractivity contribution in [2.45, 2.75) is 52.3 Å². The van der Waals surface area contributed by atoms with Gasteiger partial charge in [-0.25, -0.2) is 9.07 Å². The minimum absolute atomic E-state index is 0.231. The lowest BCUT2D eigenvalue weighted by Crippen LogP contribution is -2.45. The number of nitrogens with one attached hydrogen (secondary N) is 1. The van der Waals surface area contributed by atoms with Crippen LogP contribution in [0.25, 0.3) is 5.69 Å². The van der Waals surface area contributed by atoms with Gasteiger partial charge >= 0.3 is 0 Å². The van der Waals surface area contributed by atoms with E-state index in [1.54, 1.807) is 12.1 Å². The normalized spacial score (nSPS) is 20.5. The van der Waals surface area contributed by atoms with E-state index in [0.29, 0.717) is 12.1 Å². The summed E-state index contributed by atoms with van der Waals surface area (Å²) >= 11 is 0. The van der Waals surface area contributed by atoms with Crippen LogP contribution in [0.15, 0.2) is 24.3 Å². The number of rotatable bonds is 6. The van der Waals surface area contributed by atoms with Gasteiger partial charge in [0, 0.05) is 30.5 Å². The van der Waals surface area contributed by atoms with E-state index < -0.39 is 0 Å². The average Bonchev–Trinajstić information content (AvgIpc) is 2.77. The van der Waals surface area contributed by atoms with Gasteiger partial charge in [-0.2, -0.15) is 5.10 Å². The molecule has 1 saturated carbocycles. The van der Waals surface area contributed by atoms with Crippen molar-refractivity contribution in [1.82, 2.24) is 15.1 Å². The highest BCUT2D eigenvalue weighted by atomic mass is 19.1. The van der Waals surface area contributed by atoms with Crippen molar-refractivity contribution < 1.29 is 9.13 Å². The molecule has 124 valence electrons. The number of aryl methyl sites for hydroxylation is 1. The van der Waals surface area contributed by atoms with E-state index in [9.17, 15) is 4.39 Å². The average molecular weight is 317 g/mol. The summed E-state index contributed by atoms with van der Waals surface area (Å²) in [6.07, 6.45) is 2.58. The molecule has 4 nitrogen and oxygen atoms in total. The summed E-state index contributed by atoms with van der Waals surface area (Å²) in [5, 5.41) is 8.19. The van der Waals surface area contributed by atoms with Crippen molar-refractivity contribution in [3.05, 3.63) is 47.0 Å². The van der Waals surface area contributed by atoms with Gasteiger partial charge in [-0.05, 0) is 57.9 Å². The van der Waals surface area contributed by atoms with Crippen LogP contribution in [0, 0.1) is 19.7 Å². The van der Waals surface area contributed by atoms with E-state index in [2.05, 4.69) is 17.3 Å². The Morgan fingerprint density at radius 1 is 1.26 bits per heavy atom.